The molecule has 0 atom stereocenters. The number of hydroxylamine groups is 1. The van der Waals surface area contributed by atoms with Crippen LogP contribution in [0.1, 0.15) is 0 Å². The number of nitrogen functional groups attached to an aromatic ring is 1. The lowest BCUT2D eigenvalue weighted by molar-refractivity contribution is 0.229. The number of aromatic nitrogens is 2. The molecule has 0 radical (unpaired) electrons. The van der Waals surface area contributed by atoms with Crippen LogP contribution in [-0.4, -0.2) is 20.9 Å². The Morgan fingerprint density at radius 2 is 2.35 bits per heavy atom. The van der Waals surface area contributed by atoms with E-state index in [1.807, 2.05) is 29.7 Å². The Balaban J connectivity index is 2.36. The minimum atomic E-state index is 0.184. The van der Waals surface area contributed by atoms with E-state index in [0.29, 0.717) is 11.4 Å². The molecule has 0 amide bonds. The molecule has 0 unspecified atom stereocenters. The number of benzene rings is 1. The average molecular weight is 343 g/mol. The van der Waals surface area contributed by atoms with Gasteiger partial charge in [0.2, 0.25) is 5.96 Å². The average Bonchev–Trinajstić information content (AvgIpc) is 2.73. The standard InChI is InChI=1S/C10H10IN5O/c11-7-2-1-3-9(4-7)14-10(15-17)16-6-8(12)5-13-16/h1-6,17H,12H2,(H,14,15). The molecule has 1 aromatic heterocycles. The predicted octanol–water partition coefficient (Wildman–Crippen LogP) is 1.58. The second-order valence-corrected chi connectivity index (χ2v) is 4.49. The van der Waals surface area contributed by atoms with Crippen molar-refractivity contribution in [3.8, 4) is 0 Å². The molecule has 0 spiro atoms. The fourth-order valence-electron chi connectivity index (χ4n) is 1.25. The van der Waals surface area contributed by atoms with Gasteiger partial charge in [0.1, 0.15) is 0 Å². The molecule has 4 N–H and O–H groups in total. The number of anilines is 1. The molecule has 0 bridgehead atoms. The first-order valence-corrected chi connectivity index (χ1v) is 5.82. The number of nitrogens with one attached hydrogen (secondary N) is 1. The van der Waals surface area contributed by atoms with Gasteiger partial charge in [-0.3, -0.25) is 5.21 Å². The van der Waals surface area contributed by atoms with Crippen LogP contribution in [0.4, 0.5) is 11.4 Å². The Kier molecular flexibility index (Phi) is 3.59. The maximum atomic E-state index is 9.04. The van der Waals surface area contributed by atoms with E-state index in [1.54, 1.807) is 6.20 Å². The minimum absolute atomic E-state index is 0.184. The van der Waals surface area contributed by atoms with Gasteiger partial charge in [0.15, 0.2) is 0 Å². The smallest absolute Gasteiger partial charge is 0.248 e. The van der Waals surface area contributed by atoms with Crippen molar-refractivity contribution in [2.24, 2.45) is 4.99 Å². The fourth-order valence-corrected chi connectivity index (χ4v) is 1.77. The van der Waals surface area contributed by atoms with Gasteiger partial charge >= 0.3 is 0 Å². The molecule has 2 aromatic rings. The Morgan fingerprint density at radius 1 is 1.53 bits per heavy atom. The molecule has 0 saturated carbocycles. The third-order valence-electron chi connectivity index (χ3n) is 1.96. The van der Waals surface area contributed by atoms with Crippen molar-refractivity contribution in [3.05, 3.63) is 40.2 Å². The number of nitrogens with zero attached hydrogens (tertiary/aromatic N) is 3. The number of rotatable bonds is 1. The number of hydrogen-bond donors (Lipinski definition) is 3. The molecule has 0 aliphatic rings. The molecule has 88 valence electrons. The Hall–Kier alpha value is -1.61. The Labute approximate surface area is 111 Å². The lowest BCUT2D eigenvalue weighted by atomic mass is 10.3. The van der Waals surface area contributed by atoms with E-state index in [-0.39, 0.29) is 5.96 Å². The summed E-state index contributed by atoms with van der Waals surface area (Å²) in [6.07, 6.45) is 3.03. The van der Waals surface area contributed by atoms with Crippen molar-refractivity contribution >= 4 is 39.9 Å². The molecular weight excluding hydrogens is 333 g/mol. The van der Waals surface area contributed by atoms with Gasteiger partial charge in [-0.1, -0.05) is 6.07 Å². The van der Waals surface area contributed by atoms with E-state index in [1.165, 1.54) is 10.9 Å². The van der Waals surface area contributed by atoms with E-state index in [9.17, 15) is 0 Å². The molecule has 1 aromatic carbocycles. The molecule has 17 heavy (non-hydrogen) atoms. The van der Waals surface area contributed by atoms with Crippen molar-refractivity contribution in [3.63, 3.8) is 0 Å². The van der Waals surface area contributed by atoms with E-state index in [2.05, 4.69) is 32.7 Å². The second kappa shape index (κ2) is 5.15. The highest BCUT2D eigenvalue weighted by molar-refractivity contribution is 14.1. The maximum Gasteiger partial charge on any atom is 0.248 e. The molecular formula is C10H10IN5O. The lowest BCUT2D eigenvalue weighted by Crippen LogP contribution is -2.27. The van der Waals surface area contributed by atoms with E-state index >= 15 is 0 Å². The highest BCUT2D eigenvalue weighted by Gasteiger charge is 2.03. The van der Waals surface area contributed by atoms with E-state index in [0.717, 1.165) is 3.57 Å². The highest BCUT2D eigenvalue weighted by Crippen LogP contribution is 2.15. The largest absolute Gasteiger partial charge is 0.396 e. The van der Waals surface area contributed by atoms with Crippen LogP contribution in [0.3, 0.4) is 0 Å². The van der Waals surface area contributed by atoms with Crippen molar-refractivity contribution < 1.29 is 5.21 Å². The number of nitrogens with two attached hydrogens (primary N) is 1. The summed E-state index contributed by atoms with van der Waals surface area (Å²) in [6, 6.07) is 7.54. The van der Waals surface area contributed by atoms with Crippen LogP contribution in [0, 0.1) is 3.57 Å². The van der Waals surface area contributed by atoms with Gasteiger partial charge in [0.25, 0.3) is 0 Å². The van der Waals surface area contributed by atoms with Gasteiger partial charge in [0, 0.05) is 3.57 Å². The highest BCUT2D eigenvalue weighted by atomic mass is 127. The molecule has 0 saturated heterocycles. The third kappa shape index (κ3) is 2.94. The fraction of sp³-hybridized carbons (Fsp3) is 0. The van der Waals surface area contributed by atoms with Crippen LogP contribution < -0.4 is 11.2 Å². The first kappa shape index (κ1) is 11.9. The van der Waals surface area contributed by atoms with E-state index in [4.69, 9.17) is 10.9 Å². The minimum Gasteiger partial charge on any atom is -0.396 e. The monoisotopic (exact) mass is 343 g/mol. The van der Waals surface area contributed by atoms with Crippen LogP contribution in [0.15, 0.2) is 41.7 Å². The normalized spacial score (nSPS) is 11.5. The van der Waals surface area contributed by atoms with Gasteiger partial charge in [-0.05, 0) is 40.8 Å². The summed E-state index contributed by atoms with van der Waals surface area (Å²) in [6.45, 7) is 0. The second-order valence-electron chi connectivity index (χ2n) is 3.25. The van der Waals surface area contributed by atoms with Crippen molar-refractivity contribution in [2.45, 2.75) is 0 Å². The summed E-state index contributed by atoms with van der Waals surface area (Å²) < 4.78 is 2.41. The van der Waals surface area contributed by atoms with Gasteiger partial charge in [-0.15, -0.1) is 0 Å². The van der Waals surface area contributed by atoms with E-state index < -0.39 is 0 Å². The van der Waals surface area contributed by atoms with Gasteiger partial charge in [0.05, 0.1) is 23.8 Å². The summed E-state index contributed by atoms with van der Waals surface area (Å²) in [5, 5.41) is 13.0. The van der Waals surface area contributed by atoms with Gasteiger partial charge < -0.3 is 5.73 Å². The van der Waals surface area contributed by atoms with Crippen LogP contribution in [0.2, 0.25) is 0 Å². The maximum absolute atomic E-state index is 9.04. The molecule has 1 heterocycles. The number of hydrogen-bond acceptors (Lipinski definition) is 4. The molecule has 7 heteroatoms. The summed E-state index contributed by atoms with van der Waals surface area (Å²) in [5.41, 5.74) is 8.74. The summed E-state index contributed by atoms with van der Waals surface area (Å²) >= 11 is 2.19. The van der Waals surface area contributed by atoms with Crippen LogP contribution in [-0.2, 0) is 0 Å². The molecule has 0 aliphatic heterocycles. The van der Waals surface area contributed by atoms with Gasteiger partial charge in [-0.2, -0.15) is 5.10 Å². The third-order valence-corrected chi connectivity index (χ3v) is 2.63. The quantitative estimate of drug-likeness (QED) is 0.318. The zero-order chi connectivity index (χ0) is 12.3. The summed E-state index contributed by atoms with van der Waals surface area (Å²) in [5.74, 6) is 0.184. The molecule has 6 nitrogen and oxygen atoms in total. The van der Waals surface area contributed by atoms with Crippen LogP contribution in [0.25, 0.3) is 0 Å². The Morgan fingerprint density at radius 3 is 2.94 bits per heavy atom. The first-order valence-electron chi connectivity index (χ1n) is 4.74. The summed E-state index contributed by atoms with van der Waals surface area (Å²) in [4.78, 5) is 4.22. The molecule has 0 aliphatic carbocycles. The Bertz CT molecular complexity index is 551. The summed E-state index contributed by atoms with van der Waals surface area (Å²) in [7, 11) is 0. The topological polar surface area (TPSA) is 88.5 Å². The van der Waals surface area contributed by atoms with Crippen LogP contribution in [0.5, 0.6) is 0 Å². The zero-order valence-electron chi connectivity index (χ0n) is 8.71. The first-order chi connectivity index (χ1) is 8.19. The number of halogens is 1. The van der Waals surface area contributed by atoms with Crippen molar-refractivity contribution in [2.75, 3.05) is 5.73 Å². The SMILES string of the molecule is Nc1cnn(C(=Nc2cccc(I)c2)NO)c1. The lowest BCUT2D eigenvalue weighted by Gasteiger charge is -2.04. The molecule has 2 rings (SSSR count). The zero-order valence-corrected chi connectivity index (χ0v) is 10.9. The van der Waals surface area contributed by atoms with Crippen LogP contribution >= 0.6 is 22.6 Å². The van der Waals surface area contributed by atoms with Gasteiger partial charge in [-0.25, -0.2) is 15.2 Å². The number of aliphatic imine (C=N–C) groups is 1. The van der Waals surface area contributed by atoms with Crippen molar-refractivity contribution in [1.82, 2.24) is 15.3 Å². The predicted molar refractivity (Wildman–Crippen MR) is 73.2 cm³/mol. The molecule has 0 fully saturated rings. The van der Waals surface area contributed by atoms with Crippen molar-refractivity contribution in [1.29, 1.82) is 0 Å².